The maximum Gasteiger partial charge on any atom is 0.260 e. The van der Waals surface area contributed by atoms with E-state index in [0.29, 0.717) is 17.3 Å². The highest BCUT2D eigenvalue weighted by Crippen LogP contribution is 2.17. The van der Waals surface area contributed by atoms with Gasteiger partial charge in [0.15, 0.2) is 6.61 Å². The number of benzene rings is 2. The summed E-state index contributed by atoms with van der Waals surface area (Å²) < 4.78 is 18.6. The Bertz CT molecular complexity index is 741. The lowest BCUT2D eigenvalue weighted by Crippen LogP contribution is -2.54. The zero-order valence-corrected chi connectivity index (χ0v) is 16.7. The predicted octanol–water partition coefficient (Wildman–Crippen LogP) is 4.01. The summed E-state index contributed by atoms with van der Waals surface area (Å²) in [5, 5.41) is 0.634. The van der Waals surface area contributed by atoms with E-state index in [4.69, 9.17) is 16.3 Å². The Kier molecular flexibility index (Phi) is 7.90. The van der Waals surface area contributed by atoms with E-state index in [0.717, 1.165) is 25.2 Å². The Morgan fingerprint density at radius 3 is 2.44 bits per heavy atom. The van der Waals surface area contributed by atoms with E-state index in [1.165, 1.54) is 12.1 Å². The zero-order chi connectivity index (χ0) is 18.5. The molecule has 4 nitrogen and oxygen atoms in total. The van der Waals surface area contributed by atoms with Gasteiger partial charge in [0.2, 0.25) is 0 Å². The van der Waals surface area contributed by atoms with Gasteiger partial charge in [-0.1, -0.05) is 23.7 Å². The molecular weight excluding hydrogens is 390 g/mol. The predicted molar refractivity (Wildman–Crippen MR) is 107 cm³/mol. The fraction of sp³-hybridized carbons (Fsp3) is 0.350. The number of carbonyl (C=O) groups is 1. The molecule has 1 unspecified atom stereocenters. The molecule has 2 aromatic rings. The number of rotatable bonds is 5. The minimum atomic E-state index is -0.224. The monoisotopic (exact) mass is 412 g/mol. The minimum Gasteiger partial charge on any atom is -0.484 e. The van der Waals surface area contributed by atoms with Crippen LogP contribution in [-0.2, 0) is 11.3 Å². The van der Waals surface area contributed by atoms with Crippen molar-refractivity contribution in [1.82, 2.24) is 9.80 Å². The van der Waals surface area contributed by atoms with Gasteiger partial charge in [0.1, 0.15) is 11.6 Å². The fourth-order valence-electron chi connectivity index (χ4n) is 3.15. The number of halogens is 3. The SMILES string of the molecule is CC1CN(Cc2ccc(F)cc2)CCN1C(=O)COc1ccc(Cl)cc1.Cl. The van der Waals surface area contributed by atoms with Crippen molar-refractivity contribution < 1.29 is 13.9 Å². The zero-order valence-electron chi connectivity index (χ0n) is 15.1. The molecule has 0 N–H and O–H groups in total. The molecule has 0 aliphatic carbocycles. The molecule has 1 saturated heterocycles. The number of amides is 1. The van der Waals surface area contributed by atoms with E-state index in [9.17, 15) is 9.18 Å². The highest BCUT2D eigenvalue weighted by atomic mass is 35.5. The van der Waals surface area contributed by atoms with Crippen molar-refractivity contribution in [3.63, 3.8) is 0 Å². The first-order valence-electron chi connectivity index (χ1n) is 8.66. The highest BCUT2D eigenvalue weighted by Gasteiger charge is 2.27. The topological polar surface area (TPSA) is 32.8 Å². The fourth-order valence-corrected chi connectivity index (χ4v) is 3.28. The number of hydrogen-bond donors (Lipinski definition) is 0. The third-order valence-electron chi connectivity index (χ3n) is 4.53. The van der Waals surface area contributed by atoms with E-state index in [-0.39, 0.29) is 36.8 Å². The van der Waals surface area contributed by atoms with Crippen molar-refractivity contribution in [3.8, 4) is 5.75 Å². The summed E-state index contributed by atoms with van der Waals surface area (Å²) in [5.74, 6) is 0.387. The van der Waals surface area contributed by atoms with Gasteiger partial charge in [0.05, 0.1) is 0 Å². The van der Waals surface area contributed by atoms with Gasteiger partial charge in [-0.3, -0.25) is 9.69 Å². The Hall–Kier alpha value is -1.82. The van der Waals surface area contributed by atoms with Gasteiger partial charge in [-0.15, -0.1) is 12.4 Å². The second-order valence-electron chi connectivity index (χ2n) is 6.54. The normalized spacial score (nSPS) is 17.3. The number of hydrogen-bond acceptors (Lipinski definition) is 3. The van der Waals surface area contributed by atoms with Crippen LogP contribution in [0.2, 0.25) is 5.02 Å². The molecule has 146 valence electrons. The van der Waals surface area contributed by atoms with Gasteiger partial charge in [0, 0.05) is 37.2 Å². The van der Waals surface area contributed by atoms with Crippen molar-refractivity contribution >= 4 is 29.9 Å². The first kappa shape index (κ1) is 21.5. The lowest BCUT2D eigenvalue weighted by atomic mass is 10.1. The van der Waals surface area contributed by atoms with Crippen LogP contribution in [0, 0.1) is 5.82 Å². The molecule has 0 spiro atoms. The van der Waals surface area contributed by atoms with Crippen LogP contribution in [-0.4, -0.2) is 48.0 Å². The van der Waals surface area contributed by atoms with Crippen molar-refractivity contribution in [1.29, 1.82) is 0 Å². The Balaban J connectivity index is 0.00000261. The second kappa shape index (κ2) is 9.93. The van der Waals surface area contributed by atoms with Crippen LogP contribution in [0.1, 0.15) is 12.5 Å². The molecule has 1 amide bonds. The maximum atomic E-state index is 13.0. The Morgan fingerprint density at radius 1 is 1.15 bits per heavy atom. The van der Waals surface area contributed by atoms with Gasteiger partial charge in [-0.05, 0) is 48.9 Å². The van der Waals surface area contributed by atoms with Crippen LogP contribution in [0.15, 0.2) is 48.5 Å². The second-order valence-corrected chi connectivity index (χ2v) is 6.98. The largest absolute Gasteiger partial charge is 0.484 e. The summed E-state index contributed by atoms with van der Waals surface area (Å²) in [6, 6.07) is 13.6. The lowest BCUT2D eigenvalue weighted by Gasteiger charge is -2.39. The van der Waals surface area contributed by atoms with E-state index >= 15 is 0 Å². The Morgan fingerprint density at radius 2 is 1.81 bits per heavy atom. The molecule has 7 heteroatoms. The average Bonchev–Trinajstić information content (AvgIpc) is 2.63. The lowest BCUT2D eigenvalue weighted by molar-refractivity contribution is -0.138. The summed E-state index contributed by atoms with van der Waals surface area (Å²) >= 11 is 5.84. The highest BCUT2D eigenvalue weighted by molar-refractivity contribution is 6.30. The van der Waals surface area contributed by atoms with E-state index in [2.05, 4.69) is 4.90 Å². The molecule has 0 bridgehead atoms. The van der Waals surface area contributed by atoms with Crippen LogP contribution in [0.25, 0.3) is 0 Å². The van der Waals surface area contributed by atoms with Crippen LogP contribution >= 0.6 is 24.0 Å². The molecule has 1 aliphatic heterocycles. The molecule has 0 aromatic heterocycles. The summed E-state index contributed by atoms with van der Waals surface area (Å²) in [6.07, 6.45) is 0. The number of piperazine rings is 1. The van der Waals surface area contributed by atoms with Gasteiger partial charge >= 0.3 is 0 Å². The number of ether oxygens (including phenoxy) is 1. The quantitative estimate of drug-likeness (QED) is 0.743. The summed E-state index contributed by atoms with van der Waals surface area (Å²) in [6.45, 7) is 5.04. The number of carbonyl (C=O) groups excluding carboxylic acids is 1. The van der Waals surface area contributed by atoms with Gasteiger partial charge in [-0.25, -0.2) is 4.39 Å². The van der Waals surface area contributed by atoms with Crippen LogP contribution in [0.3, 0.4) is 0 Å². The molecule has 27 heavy (non-hydrogen) atoms. The molecule has 1 atom stereocenters. The average molecular weight is 413 g/mol. The molecule has 1 heterocycles. The van der Waals surface area contributed by atoms with Crippen LogP contribution < -0.4 is 4.74 Å². The minimum absolute atomic E-state index is 0. The standard InChI is InChI=1S/C20H22ClFN2O2.ClH/c1-15-12-23(13-16-2-6-18(22)7-3-16)10-11-24(15)20(25)14-26-19-8-4-17(21)5-9-19;/h2-9,15H,10-14H2,1H3;1H. The van der Waals surface area contributed by atoms with E-state index in [1.807, 2.05) is 11.8 Å². The molecule has 1 aliphatic rings. The van der Waals surface area contributed by atoms with Crippen molar-refractivity contribution in [3.05, 3.63) is 64.9 Å². The number of nitrogens with zero attached hydrogens (tertiary/aromatic N) is 2. The van der Waals surface area contributed by atoms with Crippen LogP contribution in [0.4, 0.5) is 4.39 Å². The third-order valence-corrected chi connectivity index (χ3v) is 4.78. The first-order chi connectivity index (χ1) is 12.5. The van der Waals surface area contributed by atoms with E-state index in [1.54, 1.807) is 36.4 Å². The van der Waals surface area contributed by atoms with Crippen molar-refractivity contribution in [2.24, 2.45) is 0 Å². The molecule has 0 saturated carbocycles. The first-order valence-corrected chi connectivity index (χ1v) is 9.04. The molecule has 2 aromatic carbocycles. The summed E-state index contributed by atoms with van der Waals surface area (Å²) in [5.41, 5.74) is 1.07. The van der Waals surface area contributed by atoms with Gasteiger partial charge < -0.3 is 9.64 Å². The molecule has 1 fully saturated rings. The molecule has 0 radical (unpaired) electrons. The molecular formula is C20H23Cl2FN2O2. The third kappa shape index (κ3) is 6.09. The maximum absolute atomic E-state index is 13.0. The Labute approximate surface area is 170 Å². The van der Waals surface area contributed by atoms with Crippen LogP contribution in [0.5, 0.6) is 5.75 Å². The van der Waals surface area contributed by atoms with Gasteiger partial charge in [0.25, 0.3) is 5.91 Å². The smallest absolute Gasteiger partial charge is 0.260 e. The van der Waals surface area contributed by atoms with E-state index < -0.39 is 0 Å². The molecule has 3 rings (SSSR count). The summed E-state index contributed by atoms with van der Waals surface area (Å²) in [4.78, 5) is 16.6. The van der Waals surface area contributed by atoms with Crippen molar-refractivity contribution in [2.75, 3.05) is 26.2 Å². The van der Waals surface area contributed by atoms with Crippen molar-refractivity contribution in [2.45, 2.75) is 19.5 Å². The summed E-state index contributed by atoms with van der Waals surface area (Å²) in [7, 11) is 0. The van der Waals surface area contributed by atoms with Gasteiger partial charge in [-0.2, -0.15) is 0 Å².